The predicted molar refractivity (Wildman–Crippen MR) is 71.2 cm³/mol. The summed E-state index contributed by atoms with van der Waals surface area (Å²) in [6.07, 6.45) is 1.58. The molecule has 1 N–H and O–H groups in total. The third kappa shape index (κ3) is 3.32. The lowest BCUT2D eigenvalue weighted by atomic mass is 10.1. The average Bonchev–Trinajstić information content (AvgIpc) is 2.50. The van der Waals surface area contributed by atoms with E-state index in [4.69, 9.17) is 16.3 Å². The van der Waals surface area contributed by atoms with Gasteiger partial charge in [0, 0.05) is 17.5 Å². The van der Waals surface area contributed by atoms with Gasteiger partial charge in [0.05, 0.1) is 6.10 Å². The lowest BCUT2D eigenvalue weighted by Crippen LogP contribution is -2.52. The molecule has 2 aliphatic heterocycles. The summed E-state index contributed by atoms with van der Waals surface area (Å²) in [6, 6.07) is -0.212. The van der Waals surface area contributed by atoms with E-state index in [0.29, 0.717) is 12.8 Å². The van der Waals surface area contributed by atoms with Gasteiger partial charge >= 0.3 is 16.3 Å². The molecule has 0 aromatic carbocycles. The summed E-state index contributed by atoms with van der Waals surface area (Å²) in [5.74, 6) is 0. The Kier molecular flexibility index (Phi) is 4.27. The molecule has 0 aromatic rings. The van der Waals surface area contributed by atoms with Crippen molar-refractivity contribution in [3.8, 4) is 0 Å². The minimum atomic E-state index is -3.84. The molecule has 110 valence electrons. The van der Waals surface area contributed by atoms with E-state index >= 15 is 0 Å². The second kappa shape index (κ2) is 5.46. The van der Waals surface area contributed by atoms with Crippen LogP contribution in [0, 0.1) is 0 Å². The van der Waals surface area contributed by atoms with Crippen LogP contribution in [0.4, 0.5) is 4.79 Å². The highest BCUT2D eigenvalue weighted by Gasteiger charge is 2.47. The number of fused-ring (bicyclic) bond motifs is 2. The summed E-state index contributed by atoms with van der Waals surface area (Å²) in [6.45, 7) is 3.32. The summed E-state index contributed by atoms with van der Waals surface area (Å²) >= 11 is 6.10. The molecule has 2 atom stereocenters. The van der Waals surface area contributed by atoms with Crippen LogP contribution in [0.3, 0.4) is 0 Å². The fourth-order valence-electron chi connectivity index (χ4n) is 2.86. The van der Waals surface area contributed by atoms with Crippen molar-refractivity contribution in [3.05, 3.63) is 0 Å². The van der Waals surface area contributed by atoms with E-state index < -0.39 is 16.3 Å². The lowest BCUT2D eigenvalue weighted by molar-refractivity contribution is 0.120. The van der Waals surface area contributed by atoms with Crippen LogP contribution in [-0.2, 0) is 14.9 Å². The van der Waals surface area contributed by atoms with E-state index in [1.807, 2.05) is 4.72 Å². The minimum absolute atomic E-state index is 0.0200. The van der Waals surface area contributed by atoms with Crippen LogP contribution in [-0.4, -0.2) is 42.4 Å². The molecule has 0 saturated carbocycles. The third-order valence-corrected chi connectivity index (χ3v) is 5.37. The second-order valence-corrected chi connectivity index (χ2v) is 7.54. The number of rotatable bonds is 3. The maximum absolute atomic E-state index is 12.2. The van der Waals surface area contributed by atoms with Crippen LogP contribution < -0.4 is 4.72 Å². The number of ether oxygens (including phenoxy) is 1. The van der Waals surface area contributed by atoms with Gasteiger partial charge in [0.25, 0.3) is 0 Å². The molecule has 2 heterocycles. The van der Waals surface area contributed by atoms with Gasteiger partial charge in [-0.1, -0.05) is 0 Å². The first kappa shape index (κ1) is 14.9. The van der Waals surface area contributed by atoms with E-state index in [2.05, 4.69) is 0 Å². The number of nitrogens with zero attached hydrogens (tertiary/aromatic N) is 1. The molecule has 2 aliphatic rings. The normalized spacial score (nSPS) is 31.5. The number of halogens is 1. The summed E-state index contributed by atoms with van der Waals surface area (Å²) in [7, 11) is -3.84. The first-order valence-electron chi connectivity index (χ1n) is 6.45. The van der Waals surface area contributed by atoms with Crippen molar-refractivity contribution >= 4 is 27.9 Å². The Balaban J connectivity index is 2.06. The minimum Gasteiger partial charge on any atom is -0.446 e. The van der Waals surface area contributed by atoms with Gasteiger partial charge in [0.1, 0.15) is 0 Å². The first-order valence-corrected chi connectivity index (χ1v) is 8.33. The molecule has 8 heteroatoms. The quantitative estimate of drug-likeness (QED) is 0.803. The summed E-state index contributed by atoms with van der Waals surface area (Å²) in [4.78, 5) is 11.4. The largest absolute Gasteiger partial charge is 0.446 e. The molecule has 2 unspecified atom stereocenters. The van der Waals surface area contributed by atoms with Gasteiger partial charge < -0.3 is 4.74 Å². The molecule has 0 radical (unpaired) electrons. The smallest absolute Gasteiger partial charge is 0.422 e. The summed E-state index contributed by atoms with van der Waals surface area (Å²) in [5.41, 5.74) is 0. The fraction of sp³-hybridized carbons (Fsp3) is 0.909. The number of hydrogen-bond acceptors (Lipinski definition) is 4. The highest BCUT2D eigenvalue weighted by molar-refractivity contribution is 7.87. The van der Waals surface area contributed by atoms with Crippen molar-refractivity contribution in [2.75, 3.05) is 0 Å². The van der Waals surface area contributed by atoms with Gasteiger partial charge in [-0.25, -0.2) is 9.52 Å². The molecule has 0 spiro atoms. The number of piperidine rings is 1. The number of hydrogen-bond donors (Lipinski definition) is 1. The Hall–Kier alpha value is -0.530. The number of carbonyl (C=O) groups is 1. The molecular formula is C11H19ClN2O4S. The zero-order chi connectivity index (χ0) is 14.2. The Labute approximate surface area is 118 Å². The van der Waals surface area contributed by atoms with Gasteiger partial charge in [-0.3, -0.25) is 0 Å². The van der Waals surface area contributed by atoms with Crippen molar-refractivity contribution in [1.29, 1.82) is 0 Å². The topological polar surface area (TPSA) is 75.7 Å². The molecule has 1 amide bonds. The number of carbonyl (C=O) groups excluding carboxylic acids is 1. The second-order valence-electron chi connectivity index (χ2n) is 5.34. The average molecular weight is 311 g/mol. The molecule has 0 aromatic heterocycles. The van der Waals surface area contributed by atoms with Gasteiger partial charge in [0.15, 0.2) is 0 Å². The fourth-order valence-corrected chi connectivity index (χ4v) is 4.80. The monoisotopic (exact) mass is 310 g/mol. The Bertz CT molecular complexity index is 440. The van der Waals surface area contributed by atoms with E-state index in [0.717, 1.165) is 12.8 Å². The van der Waals surface area contributed by atoms with E-state index in [1.54, 1.807) is 13.8 Å². The molecule has 19 heavy (non-hydrogen) atoms. The number of alkyl halides is 1. The molecule has 2 fully saturated rings. The molecule has 2 bridgehead atoms. The molecular weight excluding hydrogens is 292 g/mol. The van der Waals surface area contributed by atoms with Crippen LogP contribution in [0.15, 0.2) is 0 Å². The predicted octanol–water partition coefficient (Wildman–Crippen LogP) is 1.60. The number of amides is 1. The van der Waals surface area contributed by atoms with Crippen molar-refractivity contribution in [1.82, 2.24) is 9.03 Å². The highest BCUT2D eigenvalue weighted by Crippen LogP contribution is 2.39. The van der Waals surface area contributed by atoms with Gasteiger partial charge in [-0.05, 0) is 39.5 Å². The highest BCUT2D eigenvalue weighted by atomic mass is 35.5. The van der Waals surface area contributed by atoms with Gasteiger partial charge in [0.2, 0.25) is 0 Å². The van der Waals surface area contributed by atoms with E-state index in [-0.39, 0.29) is 23.6 Å². The molecule has 2 rings (SSSR count). The van der Waals surface area contributed by atoms with Crippen LogP contribution in [0.1, 0.15) is 39.5 Å². The maximum Gasteiger partial charge on any atom is 0.422 e. The molecule has 2 saturated heterocycles. The SMILES string of the molecule is CC(C)OC(=O)NS(=O)(=O)N1C2CCC1CC(Cl)C2. The maximum atomic E-state index is 12.2. The Morgan fingerprint density at radius 1 is 1.32 bits per heavy atom. The van der Waals surface area contributed by atoms with E-state index in [1.165, 1.54) is 4.31 Å². The van der Waals surface area contributed by atoms with E-state index in [9.17, 15) is 13.2 Å². The van der Waals surface area contributed by atoms with Crippen LogP contribution in [0.25, 0.3) is 0 Å². The Morgan fingerprint density at radius 3 is 2.32 bits per heavy atom. The molecule has 0 aliphatic carbocycles. The van der Waals surface area contributed by atoms with Crippen LogP contribution in [0.5, 0.6) is 0 Å². The van der Waals surface area contributed by atoms with Gasteiger partial charge in [-0.15, -0.1) is 11.6 Å². The van der Waals surface area contributed by atoms with Crippen molar-refractivity contribution < 1.29 is 17.9 Å². The van der Waals surface area contributed by atoms with Crippen LogP contribution >= 0.6 is 11.6 Å². The third-order valence-electron chi connectivity index (χ3n) is 3.44. The molecule has 6 nitrogen and oxygen atoms in total. The van der Waals surface area contributed by atoms with Gasteiger partial charge in [-0.2, -0.15) is 12.7 Å². The summed E-state index contributed by atoms with van der Waals surface area (Å²) < 4.78 is 32.6. The van der Waals surface area contributed by atoms with Crippen molar-refractivity contribution in [2.24, 2.45) is 0 Å². The van der Waals surface area contributed by atoms with Crippen molar-refractivity contribution in [2.45, 2.75) is 63.1 Å². The van der Waals surface area contributed by atoms with Crippen molar-refractivity contribution in [3.63, 3.8) is 0 Å². The first-order chi connectivity index (χ1) is 8.79. The Morgan fingerprint density at radius 2 is 1.84 bits per heavy atom. The van der Waals surface area contributed by atoms with Crippen LogP contribution in [0.2, 0.25) is 0 Å². The zero-order valence-electron chi connectivity index (χ0n) is 11.0. The summed E-state index contributed by atoms with van der Waals surface area (Å²) in [5, 5.41) is 0.0200. The lowest BCUT2D eigenvalue weighted by Gasteiger charge is -2.35. The zero-order valence-corrected chi connectivity index (χ0v) is 12.6. The standard InChI is InChI=1S/C11H19ClN2O4S/c1-7(2)18-11(15)13-19(16,17)14-9-3-4-10(14)6-8(12)5-9/h7-10H,3-6H2,1-2H3,(H,13,15). The number of nitrogens with one attached hydrogen (secondary N) is 1.